The van der Waals surface area contributed by atoms with Crippen molar-refractivity contribution in [1.29, 1.82) is 0 Å². The number of carbonyl (C=O) groups excluding carboxylic acids is 1. The monoisotopic (exact) mass is 295 g/mol. The molecule has 0 radical (unpaired) electrons. The van der Waals surface area contributed by atoms with Crippen LogP contribution in [-0.4, -0.2) is 36.1 Å². The van der Waals surface area contributed by atoms with Crippen molar-refractivity contribution in [3.05, 3.63) is 0 Å². The number of nitrogens with zero attached hydrogens (tertiary/aromatic N) is 1. The van der Waals surface area contributed by atoms with E-state index < -0.39 is 0 Å². The minimum atomic E-state index is -0.0234. The van der Waals surface area contributed by atoms with Gasteiger partial charge in [-0.3, -0.25) is 9.69 Å². The van der Waals surface area contributed by atoms with Gasteiger partial charge in [0, 0.05) is 25.0 Å². The van der Waals surface area contributed by atoms with E-state index in [0.29, 0.717) is 13.0 Å². The summed E-state index contributed by atoms with van der Waals surface area (Å²) in [5.41, 5.74) is 0. The maximum absolute atomic E-state index is 11.5. The van der Waals surface area contributed by atoms with Crippen molar-refractivity contribution in [1.82, 2.24) is 4.90 Å². The van der Waals surface area contributed by atoms with Crippen molar-refractivity contribution in [2.24, 2.45) is 0 Å². The summed E-state index contributed by atoms with van der Waals surface area (Å²) in [6, 6.07) is 1.48. The molecule has 0 aromatic carbocycles. The Morgan fingerprint density at radius 2 is 1.48 bits per heavy atom. The summed E-state index contributed by atoms with van der Waals surface area (Å²) in [5.74, 6) is -0.0234. The number of hydrogen-bond acceptors (Lipinski definition) is 3. The highest BCUT2D eigenvalue weighted by Gasteiger charge is 2.28. The van der Waals surface area contributed by atoms with Crippen molar-refractivity contribution >= 4 is 5.97 Å². The van der Waals surface area contributed by atoms with Crippen molar-refractivity contribution < 1.29 is 9.53 Å². The van der Waals surface area contributed by atoms with Gasteiger partial charge < -0.3 is 4.74 Å². The fourth-order valence-electron chi connectivity index (χ4n) is 4.03. The SMILES string of the molecule is CCCC(=O)OCCN(C1CCCCC1)C1CCCCC1. The van der Waals surface area contributed by atoms with E-state index in [-0.39, 0.29) is 5.97 Å². The predicted molar refractivity (Wildman–Crippen MR) is 86.3 cm³/mol. The highest BCUT2D eigenvalue weighted by molar-refractivity contribution is 5.69. The normalized spacial score (nSPS) is 21.6. The van der Waals surface area contributed by atoms with Crippen molar-refractivity contribution in [2.75, 3.05) is 13.2 Å². The van der Waals surface area contributed by atoms with Crippen molar-refractivity contribution in [3.63, 3.8) is 0 Å². The summed E-state index contributed by atoms with van der Waals surface area (Å²) in [4.78, 5) is 14.2. The molecule has 0 saturated heterocycles. The standard InChI is InChI=1S/C18H33NO2/c1-2-9-18(20)21-15-14-19(16-10-5-3-6-11-16)17-12-7-4-8-13-17/h16-17H,2-15H2,1H3. The van der Waals surface area contributed by atoms with Crippen LogP contribution in [0.15, 0.2) is 0 Å². The Hall–Kier alpha value is -0.570. The Morgan fingerprint density at radius 3 is 1.95 bits per heavy atom. The molecule has 2 aliphatic rings. The summed E-state index contributed by atoms with van der Waals surface area (Å²) < 4.78 is 5.41. The molecule has 0 spiro atoms. The first-order valence-corrected chi connectivity index (χ1v) is 9.22. The van der Waals surface area contributed by atoms with Crippen LogP contribution in [0.2, 0.25) is 0 Å². The van der Waals surface area contributed by atoms with Gasteiger partial charge in [-0.25, -0.2) is 0 Å². The molecule has 0 N–H and O–H groups in total. The van der Waals surface area contributed by atoms with E-state index in [2.05, 4.69) is 4.90 Å². The second kappa shape index (κ2) is 9.45. The molecular weight excluding hydrogens is 262 g/mol. The molecule has 3 heteroatoms. The van der Waals surface area contributed by atoms with Gasteiger partial charge in [-0.15, -0.1) is 0 Å². The molecule has 3 nitrogen and oxygen atoms in total. The van der Waals surface area contributed by atoms with Crippen LogP contribution >= 0.6 is 0 Å². The Morgan fingerprint density at radius 1 is 0.952 bits per heavy atom. The second-order valence-electron chi connectivity index (χ2n) is 6.79. The van der Waals surface area contributed by atoms with Crippen LogP contribution in [0.25, 0.3) is 0 Å². The van der Waals surface area contributed by atoms with Gasteiger partial charge in [-0.2, -0.15) is 0 Å². The van der Waals surface area contributed by atoms with E-state index >= 15 is 0 Å². The quantitative estimate of drug-likeness (QED) is 0.656. The lowest BCUT2D eigenvalue weighted by atomic mass is 9.88. The molecule has 21 heavy (non-hydrogen) atoms. The predicted octanol–water partition coefficient (Wildman–Crippen LogP) is 4.30. The van der Waals surface area contributed by atoms with Crippen molar-refractivity contribution in [3.8, 4) is 0 Å². The molecule has 2 saturated carbocycles. The zero-order valence-electron chi connectivity index (χ0n) is 13.8. The summed E-state index contributed by atoms with van der Waals surface area (Å²) in [6.07, 6.45) is 15.2. The molecule has 0 aliphatic heterocycles. The van der Waals surface area contributed by atoms with Gasteiger partial charge in [0.15, 0.2) is 0 Å². The van der Waals surface area contributed by atoms with Crippen molar-refractivity contribution in [2.45, 2.75) is 96.1 Å². The molecular formula is C18H33NO2. The molecule has 122 valence electrons. The minimum absolute atomic E-state index is 0.0234. The second-order valence-corrected chi connectivity index (χ2v) is 6.79. The number of ether oxygens (including phenoxy) is 1. The van der Waals surface area contributed by atoms with Crippen LogP contribution < -0.4 is 0 Å². The van der Waals surface area contributed by atoms with E-state index in [9.17, 15) is 4.79 Å². The number of hydrogen-bond donors (Lipinski definition) is 0. The summed E-state index contributed by atoms with van der Waals surface area (Å²) in [5, 5.41) is 0. The molecule has 0 aromatic heterocycles. The third-order valence-electron chi connectivity index (χ3n) is 5.15. The van der Waals surface area contributed by atoms with Gasteiger partial charge in [-0.05, 0) is 32.1 Å². The Balaban J connectivity index is 1.83. The maximum atomic E-state index is 11.5. The van der Waals surface area contributed by atoms with E-state index in [1.807, 2.05) is 6.92 Å². The minimum Gasteiger partial charge on any atom is -0.464 e. The topological polar surface area (TPSA) is 29.5 Å². The summed E-state index contributed by atoms with van der Waals surface area (Å²) in [6.45, 7) is 3.56. The largest absolute Gasteiger partial charge is 0.464 e. The molecule has 0 bridgehead atoms. The van der Waals surface area contributed by atoms with E-state index in [4.69, 9.17) is 4.74 Å². The van der Waals surface area contributed by atoms with Crippen LogP contribution in [0.3, 0.4) is 0 Å². The maximum Gasteiger partial charge on any atom is 0.305 e. The molecule has 2 rings (SSSR count). The van der Waals surface area contributed by atoms with E-state index in [0.717, 1.165) is 25.0 Å². The molecule has 0 aromatic rings. The van der Waals surface area contributed by atoms with Crippen LogP contribution in [0.1, 0.15) is 84.0 Å². The van der Waals surface area contributed by atoms with Gasteiger partial charge in [-0.1, -0.05) is 45.4 Å². The first-order chi connectivity index (χ1) is 10.3. The highest BCUT2D eigenvalue weighted by atomic mass is 16.5. The number of carbonyl (C=O) groups is 1. The third-order valence-corrected chi connectivity index (χ3v) is 5.15. The van der Waals surface area contributed by atoms with Gasteiger partial charge in [0.25, 0.3) is 0 Å². The zero-order valence-corrected chi connectivity index (χ0v) is 13.8. The fourth-order valence-corrected chi connectivity index (χ4v) is 4.03. The molecule has 0 unspecified atom stereocenters. The van der Waals surface area contributed by atoms with Crippen LogP contribution in [0, 0.1) is 0 Å². The molecule has 0 heterocycles. The number of rotatable bonds is 7. The Bertz CT molecular complexity index is 276. The zero-order chi connectivity index (χ0) is 14.9. The summed E-state index contributed by atoms with van der Waals surface area (Å²) >= 11 is 0. The Labute approximate surface area is 130 Å². The van der Waals surface area contributed by atoms with Gasteiger partial charge in [0.05, 0.1) is 0 Å². The van der Waals surface area contributed by atoms with Gasteiger partial charge in [0.2, 0.25) is 0 Å². The average molecular weight is 295 g/mol. The first-order valence-electron chi connectivity index (χ1n) is 9.22. The average Bonchev–Trinajstić information content (AvgIpc) is 2.53. The smallest absolute Gasteiger partial charge is 0.305 e. The lowest BCUT2D eigenvalue weighted by Gasteiger charge is -2.41. The lowest BCUT2D eigenvalue weighted by molar-refractivity contribution is -0.144. The molecule has 0 amide bonds. The van der Waals surface area contributed by atoms with Crippen LogP contribution in [-0.2, 0) is 9.53 Å². The van der Waals surface area contributed by atoms with E-state index in [1.54, 1.807) is 0 Å². The Kier molecular flexibility index (Phi) is 7.56. The number of esters is 1. The van der Waals surface area contributed by atoms with Crippen LogP contribution in [0.5, 0.6) is 0 Å². The van der Waals surface area contributed by atoms with E-state index in [1.165, 1.54) is 64.2 Å². The lowest BCUT2D eigenvalue weighted by Crippen LogP contribution is -2.46. The molecule has 2 fully saturated rings. The third kappa shape index (κ3) is 5.61. The van der Waals surface area contributed by atoms with Gasteiger partial charge >= 0.3 is 5.97 Å². The fraction of sp³-hybridized carbons (Fsp3) is 0.944. The summed E-state index contributed by atoms with van der Waals surface area (Å²) in [7, 11) is 0. The molecule has 2 aliphatic carbocycles. The van der Waals surface area contributed by atoms with Gasteiger partial charge in [0.1, 0.15) is 6.61 Å². The van der Waals surface area contributed by atoms with Crippen LogP contribution in [0.4, 0.5) is 0 Å². The first kappa shape index (κ1) is 16.8. The highest BCUT2D eigenvalue weighted by Crippen LogP contribution is 2.29. The molecule has 0 atom stereocenters.